The van der Waals surface area contributed by atoms with Crippen molar-refractivity contribution in [1.29, 1.82) is 0 Å². The Morgan fingerprint density at radius 2 is 1.61 bits per heavy atom. The summed E-state index contributed by atoms with van der Waals surface area (Å²) in [5.41, 5.74) is 5.05. The van der Waals surface area contributed by atoms with Gasteiger partial charge in [-0.15, -0.1) is 0 Å². The molecule has 1 spiro atoms. The summed E-state index contributed by atoms with van der Waals surface area (Å²) in [7, 11) is 5.17. The zero-order valence-corrected chi connectivity index (χ0v) is 36.0. The number of aromatic nitrogens is 3. The summed E-state index contributed by atoms with van der Waals surface area (Å²) < 4.78 is 20.0. The van der Waals surface area contributed by atoms with Gasteiger partial charge in [-0.05, 0) is 124 Å². The Labute approximate surface area is 361 Å². The first kappa shape index (κ1) is 40.5. The van der Waals surface area contributed by atoms with Gasteiger partial charge < -0.3 is 33.5 Å². The van der Waals surface area contributed by atoms with Gasteiger partial charge in [0, 0.05) is 69.7 Å². The molecule has 1 unspecified atom stereocenters. The highest BCUT2D eigenvalue weighted by molar-refractivity contribution is 6.05. The molecule has 5 aliphatic heterocycles. The molecule has 15 heteroatoms. The maximum atomic E-state index is 13.3. The molecule has 4 aromatic rings. The zero-order valence-electron chi connectivity index (χ0n) is 36.0. The second-order valence-electron chi connectivity index (χ2n) is 18.5. The predicted octanol–water partition coefficient (Wildman–Crippen LogP) is 4.52. The number of carbonyl (C=O) groups is 3. The Balaban J connectivity index is 0.709. The van der Waals surface area contributed by atoms with E-state index < -0.39 is 11.9 Å². The first-order valence-corrected chi connectivity index (χ1v) is 22.3. The Kier molecular flexibility index (Phi) is 10.7. The van der Waals surface area contributed by atoms with Crippen molar-refractivity contribution in [2.45, 2.75) is 83.0 Å². The highest BCUT2D eigenvalue weighted by atomic mass is 16.5. The van der Waals surface area contributed by atoms with Gasteiger partial charge >= 0.3 is 0 Å². The lowest BCUT2D eigenvalue weighted by Gasteiger charge is -2.52. The number of ether oxygens (including phenoxy) is 3. The molecule has 1 aliphatic carbocycles. The molecule has 5 fully saturated rings. The van der Waals surface area contributed by atoms with Crippen molar-refractivity contribution in [1.82, 2.24) is 34.6 Å². The molecular formula is C47H56N8O7. The average Bonchev–Trinajstić information content (AvgIpc) is 3.57. The topological polar surface area (TPSA) is 152 Å². The van der Waals surface area contributed by atoms with Crippen LogP contribution in [0, 0.1) is 11.3 Å². The molecule has 2 aromatic carbocycles. The normalized spacial score (nSPS) is 22.1. The van der Waals surface area contributed by atoms with Crippen molar-refractivity contribution in [2.24, 2.45) is 18.4 Å². The molecule has 326 valence electrons. The fourth-order valence-electron chi connectivity index (χ4n) is 10.7. The number of hydrogen-bond donors (Lipinski definition) is 1. The summed E-state index contributed by atoms with van der Waals surface area (Å²) in [6.07, 6.45) is 12.1. The number of anilines is 1. The monoisotopic (exact) mass is 844 g/mol. The van der Waals surface area contributed by atoms with Gasteiger partial charge in [-0.1, -0.05) is 6.07 Å². The summed E-state index contributed by atoms with van der Waals surface area (Å²) >= 11 is 0. The number of rotatable bonds is 11. The van der Waals surface area contributed by atoms with Crippen LogP contribution in [0.1, 0.15) is 79.3 Å². The molecule has 1 saturated carbocycles. The van der Waals surface area contributed by atoms with Gasteiger partial charge in [0.15, 0.2) is 0 Å². The molecule has 4 saturated heterocycles. The zero-order chi connectivity index (χ0) is 42.7. The molecule has 0 bridgehead atoms. The van der Waals surface area contributed by atoms with Crippen molar-refractivity contribution in [3.8, 4) is 28.4 Å². The number of amides is 3. The van der Waals surface area contributed by atoms with E-state index in [1.807, 2.05) is 36.5 Å². The number of hydrogen-bond acceptors (Lipinski definition) is 12. The van der Waals surface area contributed by atoms with E-state index in [4.69, 9.17) is 19.2 Å². The predicted molar refractivity (Wildman–Crippen MR) is 232 cm³/mol. The number of benzene rings is 2. The third-order valence-electron chi connectivity index (χ3n) is 14.6. The van der Waals surface area contributed by atoms with Gasteiger partial charge in [0.1, 0.15) is 23.3 Å². The van der Waals surface area contributed by atoms with Crippen LogP contribution in [0.15, 0.2) is 47.5 Å². The van der Waals surface area contributed by atoms with Gasteiger partial charge in [-0.2, -0.15) is 0 Å². The van der Waals surface area contributed by atoms with Crippen LogP contribution in [0.5, 0.6) is 17.2 Å². The fraction of sp³-hybridized carbons (Fsp3) is 0.532. The third kappa shape index (κ3) is 7.56. The fourth-order valence-corrected chi connectivity index (χ4v) is 10.7. The summed E-state index contributed by atoms with van der Waals surface area (Å²) in [6, 6.07) is 9.20. The number of likely N-dealkylation sites (tertiary alicyclic amines) is 2. The number of fused-ring (bicyclic) bond motifs is 2. The molecule has 10 rings (SSSR count). The van der Waals surface area contributed by atoms with Crippen molar-refractivity contribution in [3.63, 3.8) is 0 Å². The smallest absolute Gasteiger partial charge is 0.261 e. The minimum atomic E-state index is -0.615. The Bertz CT molecular complexity index is 2450. The molecule has 7 heterocycles. The average molecular weight is 845 g/mol. The summed E-state index contributed by atoms with van der Waals surface area (Å²) in [6.45, 7) is 8.34. The van der Waals surface area contributed by atoms with E-state index in [0.717, 1.165) is 118 Å². The van der Waals surface area contributed by atoms with E-state index in [9.17, 15) is 19.2 Å². The van der Waals surface area contributed by atoms with Crippen molar-refractivity contribution in [3.05, 3.63) is 69.8 Å². The lowest BCUT2D eigenvalue weighted by atomic mass is 9.61. The summed E-state index contributed by atoms with van der Waals surface area (Å²) in [4.78, 5) is 68.8. The lowest BCUT2D eigenvalue weighted by Crippen LogP contribution is -2.52. The van der Waals surface area contributed by atoms with Gasteiger partial charge in [-0.3, -0.25) is 29.4 Å². The van der Waals surface area contributed by atoms with Crippen LogP contribution in [0.2, 0.25) is 0 Å². The third-order valence-corrected chi connectivity index (χ3v) is 14.6. The maximum Gasteiger partial charge on any atom is 0.261 e. The molecule has 0 radical (unpaired) electrons. The summed E-state index contributed by atoms with van der Waals surface area (Å²) in [5, 5.41) is 2.86. The molecule has 62 heavy (non-hydrogen) atoms. The van der Waals surface area contributed by atoms with Crippen molar-refractivity contribution in [2.75, 3.05) is 64.9 Å². The summed E-state index contributed by atoms with van der Waals surface area (Å²) in [5.74, 6) is 2.69. The van der Waals surface area contributed by atoms with E-state index in [1.165, 1.54) is 12.8 Å². The standard InChI is InChI=1S/C47H56N8O7/c1-51-27-36(42-35(44(51)58)24-48-46(50-42)54-13-4-14-54)31-19-39(60-2)37(40(20-31)61-3)28-52-15-9-29(10-16-52)25-53-17-11-47(12-18-53)22-33(23-47)62-32-6-5-30-26-55(45(59)34(30)21-32)38-7-8-41(56)49-43(38)57/h5-6,19-21,24,27,29,33,38H,4,7-18,22-23,25-26,28H2,1-3H3,(H,49,56,57). The molecule has 1 N–H and O–H groups in total. The van der Waals surface area contributed by atoms with Crippen LogP contribution in [-0.4, -0.2) is 119 Å². The van der Waals surface area contributed by atoms with E-state index in [-0.39, 0.29) is 29.9 Å². The molecular weight excluding hydrogens is 789 g/mol. The van der Waals surface area contributed by atoms with Gasteiger partial charge in [0.2, 0.25) is 17.8 Å². The molecule has 2 aromatic heterocycles. The number of methoxy groups -OCH3 is 2. The van der Waals surface area contributed by atoms with Crippen molar-refractivity contribution >= 4 is 34.6 Å². The minimum Gasteiger partial charge on any atom is -0.496 e. The SMILES string of the molecule is COc1cc(-c2cn(C)c(=O)c3cnc(N4CCC4)nc23)cc(OC)c1CN1CCC(CN2CCC3(CC2)CC(Oc2ccc4c(c2)C(=O)N(C2CCC(=O)NC2=O)C4)C3)CC1. The number of aryl methyl sites for hydroxylation is 1. The Morgan fingerprint density at radius 1 is 0.871 bits per heavy atom. The number of carbonyl (C=O) groups excluding carboxylic acids is 3. The van der Waals surface area contributed by atoms with Crippen LogP contribution in [0.25, 0.3) is 22.0 Å². The van der Waals surface area contributed by atoms with Gasteiger partial charge in [-0.25, -0.2) is 9.97 Å². The second kappa shape index (κ2) is 16.3. The Morgan fingerprint density at radius 3 is 2.29 bits per heavy atom. The molecule has 3 amide bonds. The molecule has 1 atom stereocenters. The van der Waals surface area contributed by atoms with Gasteiger partial charge in [0.25, 0.3) is 11.5 Å². The van der Waals surface area contributed by atoms with Crippen LogP contribution < -0.4 is 30.0 Å². The van der Waals surface area contributed by atoms with Crippen LogP contribution in [0.4, 0.5) is 5.95 Å². The lowest BCUT2D eigenvalue weighted by molar-refractivity contribution is -0.136. The highest BCUT2D eigenvalue weighted by Crippen LogP contribution is 2.51. The largest absolute Gasteiger partial charge is 0.496 e. The Hall–Kier alpha value is -5.54. The van der Waals surface area contributed by atoms with Crippen LogP contribution in [0.3, 0.4) is 0 Å². The molecule has 15 nitrogen and oxygen atoms in total. The maximum absolute atomic E-state index is 13.3. The number of nitrogens with one attached hydrogen (secondary N) is 1. The first-order valence-electron chi connectivity index (χ1n) is 22.3. The first-order chi connectivity index (χ1) is 30.1. The number of piperidine rings is 3. The number of pyridine rings is 1. The number of imide groups is 1. The van der Waals surface area contributed by atoms with E-state index in [2.05, 4.69) is 25.0 Å². The minimum absolute atomic E-state index is 0.127. The van der Waals surface area contributed by atoms with E-state index in [1.54, 1.807) is 36.9 Å². The van der Waals surface area contributed by atoms with Crippen molar-refractivity contribution < 1.29 is 28.6 Å². The number of nitrogens with zero attached hydrogens (tertiary/aromatic N) is 7. The van der Waals surface area contributed by atoms with Crippen LogP contribution >= 0.6 is 0 Å². The van der Waals surface area contributed by atoms with Gasteiger partial charge in [0.05, 0.1) is 36.8 Å². The quantitative estimate of drug-likeness (QED) is 0.212. The highest BCUT2D eigenvalue weighted by Gasteiger charge is 2.47. The van der Waals surface area contributed by atoms with E-state index in [0.29, 0.717) is 52.5 Å². The van der Waals surface area contributed by atoms with Crippen LogP contribution in [-0.2, 0) is 29.7 Å². The van der Waals surface area contributed by atoms with E-state index >= 15 is 0 Å². The second-order valence-corrected chi connectivity index (χ2v) is 18.5. The molecule has 6 aliphatic rings.